The molecule has 0 heterocycles. The Hall–Kier alpha value is -0.200. The van der Waals surface area contributed by atoms with Gasteiger partial charge in [0.15, 0.2) is 0 Å². The van der Waals surface area contributed by atoms with Crippen LogP contribution in [0.4, 0.5) is 0 Å². The largest absolute Gasteiger partial charge is 0.299 e. The molecule has 2 nitrogen and oxygen atoms in total. The molecule has 0 radical (unpaired) electrons. The molecule has 0 bridgehead atoms. The Labute approximate surface area is 98.0 Å². The van der Waals surface area contributed by atoms with Gasteiger partial charge in [0.05, 0.1) is 12.0 Å². The summed E-state index contributed by atoms with van der Waals surface area (Å²) in [6.45, 7) is 2.26. The molecule has 0 saturated heterocycles. The zero-order valence-electron chi connectivity index (χ0n) is 10.1. The first-order valence-corrected chi connectivity index (χ1v) is 7.20. The van der Waals surface area contributed by atoms with Gasteiger partial charge in [0.1, 0.15) is 0 Å². The highest BCUT2D eigenvalue weighted by atomic mass is 32.2. The molecule has 1 rings (SSSR count). The topological polar surface area (TPSA) is 27.0 Å². The van der Waals surface area contributed by atoms with Crippen LogP contribution in [0, 0.1) is 17.2 Å². The van der Waals surface area contributed by atoms with Crippen LogP contribution >= 0.6 is 11.8 Å². The van der Waals surface area contributed by atoms with Crippen molar-refractivity contribution >= 4 is 11.8 Å². The molecule has 1 aliphatic rings. The summed E-state index contributed by atoms with van der Waals surface area (Å²) in [7, 11) is 2.18. The molecule has 1 saturated carbocycles. The highest BCUT2D eigenvalue weighted by molar-refractivity contribution is 7.98. The Morgan fingerprint density at radius 2 is 2.13 bits per heavy atom. The van der Waals surface area contributed by atoms with Crippen LogP contribution in [0.15, 0.2) is 0 Å². The van der Waals surface area contributed by atoms with Gasteiger partial charge in [0.2, 0.25) is 0 Å². The van der Waals surface area contributed by atoms with Crippen LogP contribution in [0.5, 0.6) is 0 Å². The Morgan fingerprint density at radius 3 is 2.73 bits per heavy atom. The maximum atomic E-state index is 9.14. The highest BCUT2D eigenvalue weighted by Gasteiger charge is 2.30. The number of nitriles is 1. The summed E-state index contributed by atoms with van der Waals surface area (Å²) in [6.07, 6.45) is 6.97. The lowest BCUT2D eigenvalue weighted by molar-refractivity contribution is 0.128. The van der Waals surface area contributed by atoms with Gasteiger partial charge in [-0.15, -0.1) is 0 Å². The molecule has 86 valence electrons. The molecule has 0 amide bonds. The van der Waals surface area contributed by atoms with E-state index < -0.39 is 0 Å². The van der Waals surface area contributed by atoms with Crippen LogP contribution in [0.2, 0.25) is 0 Å². The molecular weight excluding hydrogens is 204 g/mol. The zero-order valence-corrected chi connectivity index (χ0v) is 10.9. The van der Waals surface area contributed by atoms with Gasteiger partial charge in [-0.2, -0.15) is 17.0 Å². The summed E-state index contributed by atoms with van der Waals surface area (Å²) >= 11 is 1.89. The molecule has 0 N–H and O–H groups in total. The number of thioether (sulfide) groups is 1. The van der Waals surface area contributed by atoms with Crippen LogP contribution in [-0.4, -0.2) is 36.0 Å². The van der Waals surface area contributed by atoms with Crippen molar-refractivity contribution in [2.75, 3.05) is 19.1 Å². The summed E-state index contributed by atoms with van der Waals surface area (Å²) in [5, 5.41) is 9.14. The first-order chi connectivity index (χ1) is 7.20. The minimum atomic E-state index is 0.257. The number of hydrogen-bond donors (Lipinski definition) is 0. The average molecular weight is 226 g/mol. The summed E-state index contributed by atoms with van der Waals surface area (Å²) < 4.78 is 0. The van der Waals surface area contributed by atoms with E-state index in [0.717, 1.165) is 12.2 Å². The number of nitrogens with zero attached hydrogens (tertiary/aromatic N) is 2. The quantitative estimate of drug-likeness (QED) is 0.737. The lowest BCUT2D eigenvalue weighted by Crippen LogP contribution is -2.45. The average Bonchev–Trinajstić information content (AvgIpc) is 2.28. The lowest BCUT2D eigenvalue weighted by atomic mass is 9.84. The molecule has 3 unspecified atom stereocenters. The summed E-state index contributed by atoms with van der Waals surface area (Å²) in [4.78, 5) is 2.42. The molecule has 3 atom stereocenters. The van der Waals surface area contributed by atoms with Crippen LogP contribution in [0.1, 0.15) is 32.6 Å². The third-order valence-corrected chi connectivity index (χ3v) is 4.34. The van der Waals surface area contributed by atoms with Crippen molar-refractivity contribution in [3.8, 4) is 6.07 Å². The third kappa shape index (κ3) is 3.39. The molecule has 15 heavy (non-hydrogen) atoms. The molecular formula is C12H22N2S. The van der Waals surface area contributed by atoms with Crippen molar-refractivity contribution in [2.45, 2.75) is 44.7 Å². The second kappa shape index (κ2) is 6.40. The predicted molar refractivity (Wildman–Crippen MR) is 67.0 cm³/mol. The van der Waals surface area contributed by atoms with Gasteiger partial charge in [-0.25, -0.2) is 0 Å². The Morgan fingerprint density at radius 1 is 1.47 bits per heavy atom. The minimum absolute atomic E-state index is 0.257. The van der Waals surface area contributed by atoms with E-state index in [9.17, 15) is 0 Å². The van der Waals surface area contributed by atoms with E-state index in [1.807, 2.05) is 11.8 Å². The molecule has 0 aromatic carbocycles. The lowest BCUT2D eigenvalue weighted by Gasteiger charge is -2.38. The van der Waals surface area contributed by atoms with E-state index in [0.29, 0.717) is 12.1 Å². The van der Waals surface area contributed by atoms with Crippen LogP contribution in [0.3, 0.4) is 0 Å². The monoisotopic (exact) mass is 226 g/mol. The number of rotatable bonds is 4. The van der Waals surface area contributed by atoms with Crippen molar-refractivity contribution in [1.82, 2.24) is 4.90 Å². The zero-order chi connectivity index (χ0) is 11.3. The second-order valence-electron chi connectivity index (χ2n) is 4.56. The summed E-state index contributed by atoms with van der Waals surface area (Å²) in [5.41, 5.74) is 0. The molecule has 0 aromatic heterocycles. The highest BCUT2D eigenvalue weighted by Crippen LogP contribution is 2.28. The van der Waals surface area contributed by atoms with Gasteiger partial charge in [-0.1, -0.05) is 12.8 Å². The van der Waals surface area contributed by atoms with Gasteiger partial charge in [-0.05, 0) is 33.1 Å². The van der Waals surface area contributed by atoms with Crippen molar-refractivity contribution < 1.29 is 0 Å². The van der Waals surface area contributed by atoms with Crippen LogP contribution in [-0.2, 0) is 0 Å². The van der Waals surface area contributed by atoms with Gasteiger partial charge in [-0.3, -0.25) is 4.90 Å². The summed E-state index contributed by atoms with van der Waals surface area (Å²) in [5.74, 6) is 1.42. The van der Waals surface area contributed by atoms with Crippen molar-refractivity contribution in [3.63, 3.8) is 0 Å². The Balaban J connectivity index is 2.55. The summed E-state index contributed by atoms with van der Waals surface area (Å²) in [6, 6.07) is 3.56. The fraction of sp³-hybridized carbons (Fsp3) is 0.917. The minimum Gasteiger partial charge on any atom is -0.299 e. The second-order valence-corrected chi connectivity index (χ2v) is 5.47. The fourth-order valence-corrected chi connectivity index (χ4v) is 3.15. The fourth-order valence-electron chi connectivity index (χ4n) is 2.43. The van der Waals surface area contributed by atoms with Gasteiger partial charge in [0.25, 0.3) is 0 Å². The molecule has 0 aliphatic heterocycles. The van der Waals surface area contributed by atoms with Gasteiger partial charge < -0.3 is 0 Å². The molecule has 1 fully saturated rings. The van der Waals surface area contributed by atoms with E-state index in [1.165, 1.54) is 19.3 Å². The molecule has 1 aliphatic carbocycles. The number of hydrogen-bond acceptors (Lipinski definition) is 3. The first-order valence-electron chi connectivity index (χ1n) is 5.81. The van der Waals surface area contributed by atoms with E-state index in [-0.39, 0.29) is 5.92 Å². The van der Waals surface area contributed by atoms with Crippen molar-refractivity contribution in [3.05, 3.63) is 0 Å². The van der Waals surface area contributed by atoms with E-state index in [2.05, 4.69) is 31.2 Å². The van der Waals surface area contributed by atoms with Gasteiger partial charge >= 0.3 is 0 Å². The Kier molecular flexibility index (Phi) is 5.49. The SMILES string of the molecule is CSCC(C)N(C)C1CCCCC1C#N. The van der Waals surface area contributed by atoms with Crippen molar-refractivity contribution in [1.29, 1.82) is 5.26 Å². The van der Waals surface area contributed by atoms with Crippen molar-refractivity contribution in [2.24, 2.45) is 5.92 Å². The normalized spacial score (nSPS) is 28.7. The van der Waals surface area contributed by atoms with E-state index in [4.69, 9.17) is 5.26 Å². The third-order valence-electron chi connectivity index (χ3n) is 3.52. The maximum absolute atomic E-state index is 9.14. The first kappa shape index (κ1) is 12.9. The maximum Gasteiger partial charge on any atom is 0.0672 e. The van der Waals surface area contributed by atoms with Crippen LogP contribution < -0.4 is 0 Å². The smallest absolute Gasteiger partial charge is 0.0672 e. The van der Waals surface area contributed by atoms with Crippen LogP contribution in [0.25, 0.3) is 0 Å². The molecule has 3 heteroatoms. The predicted octanol–water partition coefficient (Wildman–Crippen LogP) is 2.75. The standard InChI is InChI=1S/C12H22N2S/c1-10(9-15-3)14(2)12-7-5-4-6-11(12)8-13/h10-12H,4-7,9H2,1-3H3. The van der Waals surface area contributed by atoms with Gasteiger partial charge in [0, 0.05) is 17.8 Å². The van der Waals surface area contributed by atoms with E-state index in [1.54, 1.807) is 0 Å². The van der Waals surface area contributed by atoms with E-state index >= 15 is 0 Å². The molecule has 0 aromatic rings. The Bertz CT molecular complexity index is 224. The molecule has 0 spiro atoms.